The number of fused-ring (bicyclic) bond motifs is 2. The van der Waals surface area contributed by atoms with Gasteiger partial charge in [-0.05, 0) is 12.1 Å². The van der Waals surface area contributed by atoms with Crippen LogP contribution in [0.1, 0.15) is 13.3 Å². The van der Waals surface area contributed by atoms with Crippen molar-refractivity contribution in [1.82, 2.24) is 14.6 Å². The van der Waals surface area contributed by atoms with Crippen molar-refractivity contribution in [3.63, 3.8) is 0 Å². The Hall–Kier alpha value is -3.49. The number of nitrogens with zero attached hydrogens (tertiary/aromatic N) is 3. The predicted octanol–water partition coefficient (Wildman–Crippen LogP) is 2.63. The van der Waals surface area contributed by atoms with Crippen molar-refractivity contribution in [1.29, 1.82) is 0 Å². The summed E-state index contributed by atoms with van der Waals surface area (Å²) < 4.78 is 12.8. The van der Waals surface area contributed by atoms with Crippen LogP contribution in [-0.2, 0) is 4.79 Å². The molecule has 1 aliphatic heterocycles. The number of aromatic nitrogens is 3. The molecule has 3 heterocycles. The van der Waals surface area contributed by atoms with Crippen LogP contribution in [0, 0.1) is 0 Å². The molecular weight excluding hydrogens is 348 g/mol. The van der Waals surface area contributed by atoms with Gasteiger partial charge < -0.3 is 25.4 Å². The van der Waals surface area contributed by atoms with Gasteiger partial charge in [-0.3, -0.25) is 4.79 Å². The van der Waals surface area contributed by atoms with Crippen LogP contribution in [0.15, 0.2) is 30.5 Å². The van der Waals surface area contributed by atoms with E-state index in [0.717, 1.165) is 17.3 Å². The maximum Gasteiger partial charge on any atom is 0.224 e. The second-order valence-corrected chi connectivity index (χ2v) is 5.96. The molecule has 0 saturated carbocycles. The minimum absolute atomic E-state index is 0.0945. The highest BCUT2D eigenvalue weighted by atomic mass is 16.6. The lowest BCUT2D eigenvalue weighted by Crippen LogP contribution is -2.15. The van der Waals surface area contributed by atoms with E-state index in [1.807, 2.05) is 24.3 Å². The summed E-state index contributed by atoms with van der Waals surface area (Å²) >= 11 is 0. The van der Waals surface area contributed by atoms with E-state index < -0.39 is 0 Å². The van der Waals surface area contributed by atoms with E-state index in [1.54, 1.807) is 24.7 Å². The molecule has 0 bridgehead atoms. The second-order valence-electron chi connectivity index (χ2n) is 5.96. The molecule has 1 amide bonds. The zero-order valence-electron chi connectivity index (χ0n) is 15.1. The molecule has 0 fully saturated rings. The quantitative estimate of drug-likeness (QED) is 0.636. The number of amides is 1. The lowest BCUT2D eigenvalue weighted by Gasteiger charge is -2.19. The third-order valence-corrected chi connectivity index (χ3v) is 4.14. The van der Waals surface area contributed by atoms with Crippen LogP contribution in [0.4, 0.5) is 23.0 Å². The van der Waals surface area contributed by atoms with Gasteiger partial charge in [0.05, 0.1) is 6.20 Å². The lowest BCUT2D eigenvalue weighted by atomic mass is 10.2. The van der Waals surface area contributed by atoms with E-state index in [0.29, 0.717) is 42.5 Å². The first-order chi connectivity index (χ1) is 13.2. The fraction of sp³-hybridized carbons (Fsp3) is 0.278. The monoisotopic (exact) mass is 368 g/mol. The molecule has 3 N–H and O–H groups in total. The summed E-state index contributed by atoms with van der Waals surface area (Å²) in [5.74, 6) is 2.67. The third-order valence-electron chi connectivity index (χ3n) is 4.14. The van der Waals surface area contributed by atoms with Crippen LogP contribution in [0.25, 0.3) is 5.65 Å². The van der Waals surface area contributed by atoms with Gasteiger partial charge in [0.15, 0.2) is 17.1 Å². The minimum Gasteiger partial charge on any atom is -0.486 e. The van der Waals surface area contributed by atoms with Crippen molar-refractivity contribution >= 4 is 34.6 Å². The van der Waals surface area contributed by atoms with Crippen LogP contribution in [0.5, 0.6) is 11.5 Å². The van der Waals surface area contributed by atoms with E-state index in [9.17, 15) is 4.79 Å². The van der Waals surface area contributed by atoms with Crippen molar-refractivity contribution in [3.05, 3.63) is 30.5 Å². The SMILES string of the molecule is CCC(=O)Nc1cnn2c(NC)cc(Nc3ccc4c(c3)OCCO4)nc12. The summed E-state index contributed by atoms with van der Waals surface area (Å²) in [6.45, 7) is 2.88. The molecule has 0 aliphatic carbocycles. The molecule has 2 aromatic heterocycles. The fourth-order valence-corrected chi connectivity index (χ4v) is 2.80. The number of hydrogen-bond acceptors (Lipinski definition) is 7. The van der Waals surface area contributed by atoms with Crippen molar-refractivity contribution in [2.75, 3.05) is 36.2 Å². The summed E-state index contributed by atoms with van der Waals surface area (Å²) in [6, 6.07) is 7.46. The molecule has 0 radical (unpaired) electrons. The number of nitrogens with one attached hydrogen (secondary N) is 3. The molecule has 0 atom stereocenters. The first-order valence-corrected chi connectivity index (χ1v) is 8.71. The van der Waals surface area contributed by atoms with Crippen LogP contribution in [0.2, 0.25) is 0 Å². The van der Waals surface area contributed by atoms with Crippen LogP contribution in [0.3, 0.4) is 0 Å². The number of rotatable bonds is 5. The van der Waals surface area contributed by atoms with Crippen molar-refractivity contribution in [2.45, 2.75) is 13.3 Å². The van der Waals surface area contributed by atoms with Gasteiger partial charge in [0.2, 0.25) is 5.91 Å². The molecule has 0 unspecified atom stereocenters. The number of anilines is 4. The normalized spacial score (nSPS) is 12.7. The number of ether oxygens (including phenoxy) is 2. The molecule has 3 aromatic rings. The summed E-state index contributed by atoms with van der Waals surface area (Å²) in [5, 5.41) is 13.5. The molecule has 1 aromatic carbocycles. The second kappa shape index (κ2) is 7.02. The van der Waals surface area contributed by atoms with E-state index >= 15 is 0 Å². The predicted molar refractivity (Wildman–Crippen MR) is 102 cm³/mol. The topological polar surface area (TPSA) is 102 Å². The molecule has 4 rings (SSSR count). The highest BCUT2D eigenvalue weighted by Gasteiger charge is 2.15. The maximum absolute atomic E-state index is 11.8. The summed E-state index contributed by atoms with van der Waals surface area (Å²) in [4.78, 5) is 16.4. The Kier molecular flexibility index (Phi) is 4.41. The van der Waals surface area contributed by atoms with E-state index in [2.05, 4.69) is 26.0 Å². The zero-order valence-corrected chi connectivity index (χ0v) is 15.1. The van der Waals surface area contributed by atoms with Crippen LogP contribution in [-0.4, -0.2) is 40.8 Å². The molecule has 1 aliphatic rings. The number of carbonyl (C=O) groups excluding carboxylic acids is 1. The van der Waals surface area contributed by atoms with E-state index in [1.165, 1.54) is 0 Å². The van der Waals surface area contributed by atoms with Gasteiger partial charge in [-0.1, -0.05) is 6.92 Å². The van der Waals surface area contributed by atoms with Gasteiger partial charge in [0.25, 0.3) is 0 Å². The average molecular weight is 368 g/mol. The molecule has 0 spiro atoms. The smallest absolute Gasteiger partial charge is 0.224 e. The lowest BCUT2D eigenvalue weighted by molar-refractivity contribution is -0.115. The first-order valence-electron chi connectivity index (χ1n) is 8.71. The van der Waals surface area contributed by atoms with Gasteiger partial charge in [0, 0.05) is 31.3 Å². The Morgan fingerprint density at radius 3 is 2.81 bits per heavy atom. The van der Waals surface area contributed by atoms with Crippen LogP contribution >= 0.6 is 0 Å². The van der Waals surface area contributed by atoms with Gasteiger partial charge in [0.1, 0.15) is 30.5 Å². The van der Waals surface area contributed by atoms with Crippen molar-refractivity contribution in [3.8, 4) is 11.5 Å². The Bertz CT molecular complexity index is 1000. The average Bonchev–Trinajstić information content (AvgIpc) is 3.09. The molecule has 27 heavy (non-hydrogen) atoms. The summed E-state index contributed by atoms with van der Waals surface area (Å²) in [5.41, 5.74) is 1.92. The zero-order chi connectivity index (χ0) is 18.8. The molecule has 140 valence electrons. The molecular formula is C18H20N6O3. The standard InChI is InChI=1S/C18H20N6O3/c1-3-17(25)22-12-10-20-24-16(19-2)9-15(23-18(12)24)21-11-4-5-13-14(8-11)27-7-6-26-13/h4-5,8-10,19H,3,6-7H2,1-2H3,(H,21,23)(H,22,25). The Morgan fingerprint density at radius 1 is 1.22 bits per heavy atom. The molecule has 9 heteroatoms. The van der Waals surface area contributed by atoms with Gasteiger partial charge in [-0.2, -0.15) is 9.61 Å². The van der Waals surface area contributed by atoms with E-state index in [-0.39, 0.29) is 5.91 Å². The third kappa shape index (κ3) is 3.31. The van der Waals surface area contributed by atoms with Gasteiger partial charge in [-0.25, -0.2) is 4.98 Å². The molecule has 0 saturated heterocycles. The molecule has 9 nitrogen and oxygen atoms in total. The van der Waals surface area contributed by atoms with E-state index in [4.69, 9.17) is 9.47 Å². The summed E-state index contributed by atoms with van der Waals surface area (Å²) in [7, 11) is 1.80. The van der Waals surface area contributed by atoms with Crippen molar-refractivity contribution < 1.29 is 14.3 Å². The van der Waals surface area contributed by atoms with Gasteiger partial charge >= 0.3 is 0 Å². The number of carbonyl (C=O) groups is 1. The maximum atomic E-state index is 11.8. The number of benzene rings is 1. The largest absolute Gasteiger partial charge is 0.486 e. The number of hydrogen-bond donors (Lipinski definition) is 3. The first kappa shape index (κ1) is 17.0. The fourth-order valence-electron chi connectivity index (χ4n) is 2.80. The Balaban J connectivity index is 1.69. The Labute approximate surface area is 155 Å². The Morgan fingerprint density at radius 2 is 2.04 bits per heavy atom. The highest BCUT2D eigenvalue weighted by Crippen LogP contribution is 2.34. The van der Waals surface area contributed by atoms with Crippen LogP contribution < -0.4 is 25.4 Å². The minimum atomic E-state index is -0.0945. The summed E-state index contributed by atoms with van der Waals surface area (Å²) in [6.07, 6.45) is 1.97. The highest BCUT2D eigenvalue weighted by molar-refractivity contribution is 5.94. The van der Waals surface area contributed by atoms with Crippen molar-refractivity contribution in [2.24, 2.45) is 0 Å². The van der Waals surface area contributed by atoms with Gasteiger partial charge in [-0.15, -0.1) is 0 Å².